The summed E-state index contributed by atoms with van der Waals surface area (Å²) in [5.41, 5.74) is 6.16. The molecule has 0 aliphatic carbocycles. The van der Waals surface area contributed by atoms with Crippen molar-refractivity contribution in [1.29, 1.82) is 0 Å². The molecule has 3 aromatic carbocycles. The van der Waals surface area contributed by atoms with Crippen LogP contribution >= 0.6 is 23.2 Å². The van der Waals surface area contributed by atoms with Crippen LogP contribution in [-0.2, 0) is 11.3 Å². The summed E-state index contributed by atoms with van der Waals surface area (Å²) in [6.07, 6.45) is 0.436. The monoisotopic (exact) mass is 463 g/mol. The van der Waals surface area contributed by atoms with Crippen LogP contribution in [0, 0.1) is 13.8 Å². The predicted molar refractivity (Wildman–Crippen MR) is 131 cm³/mol. The van der Waals surface area contributed by atoms with E-state index in [1.165, 1.54) is 0 Å². The third kappa shape index (κ3) is 3.68. The summed E-state index contributed by atoms with van der Waals surface area (Å²) in [4.78, 5) is 20.0. The SMILES string of the molecule is Cc1cccc(C)c1N1CC(c2nc3ccccc3n2Cc2ccc(Cl)cc2Cl)CC1=O. The average molecular weight is 464 g/mol. The van der Waals surface area contributed by atoms with Gasteiger partial charge in [0.1, 0.15) is 5.82 Å². The predicted octanol–water partition coefficient (Wildman–Crippen LogP) is 6.53. The van der Waals surface area contributed by atoms with Gasteiger partial charge < -0.3 is 9.47 Å². The van der Waals surface area contributed by atoms with E-state index in [1.807, 2.05) is 41.3 Å². The molecular formula is C26H23Cl2N3O. The Balaban J connectivity index is 1.56. The number of imidazole rings is 1. The summed E-state index contributed by atoms with van der Waals surface area (Å²) in [7, 11) is 0. The number of para-hydroxylation sites is 3. The zero-order valence-electron chi connectivity index (χ0n) is 18.0. The largest absolute Gasteiger partial charge is 0.323 e. The molecular weight excluding hydrogens is 441 g/mol. The average Bonchev–Trinajstić information content (AvgIpc) is 3.31. The first-order valence-electron chi connectivity index (χ1n) is 10.7. The molecule has 4 nitrogen and oxygen atoms in total. The van der Waals surface area contributed by atoms with E-state index < -0.39 is 0 Å². The van der Waals surface area contributed by atoms with Gasteiger partial charge in [0.25, 0.3) is 0 Å². The Bertz CT molecular complexity index is 1320. The molecule has 1 aliphatic rings. The molecule has 1 aliphatic heterocycles. The van der Waals surface area contributed by atoms with Gasteiger partial charge in [-0.2, -0.15) is 0 Å². The highest BCUT2D eigenvalue weighted by Crippen LogP contribution is 2.36. The highest BCUT2D eigenvalue weighted by molar-refractivity contribution is 6.35. The maximum atomic E-state index is 13.1. The number of carbonyl (C=O) groups is 1. The molecule has 1 aromatic heterocycles. The Labute approximate surface area is 197 Å². The van der Waals surface area contributed by atoms with Gasteiger partial charge in [-0.1, -0.05) is 59.6 Å². The molecule has 1 fully saturated rings. The number of carbonyl (C=O) groups excluding carboxylic acids is 1. The van der Waals surface area contributed by atoms with Crippen LogP contribution in [0.1, 0.15) is 34.9 Å². The second kappa shape index (κ2) is 8.27. The van der Waals surface area contributed by atoms with Crippen LogP contribution in [0.15, 0.2) is 60.7 Å². The van der Waals surface area contributed by atoms with Gasteiger partial charge in [-0.15, -0.1) is 0 Å². The standard InChI is InChI=1S/C26H23Cl2N3O/c1-16-6-5-7-17(2)25(16)31-15-19(12-24(31)32)26-29-22-8-3-4-9-23(22)30(26)14-18-10-11-20(27)13-21(18)28/h3-11,13,19H,12,14-15H2,1-2H3. The first-order chi connectivity index (χ1) is 15.4. The Kier molecular flexibility index (Phi) is 5.44. The van der Waals surface area contributed by atoms with Crippen LogP contribution in [0.25, 0.3) is 11.0 Å². The Morgan fingerprint density at radius 1 is 1.00 bits per heavy atom. The van der Waals surface area contributed by atoms with Crippen molar-refractivity contribution >= 4 is 45.8 Å². The second-order valence-corrected chi connectivity index (χ2v) is 9.27. The van der Waals surface area contributed by atoms with Crippen LogP contribution in [-0.4, -0.2) is 22.0 Å². The quantitative estimate of drug-likeness (QED) is 0.345. The fraction of sp³-hybridized carbons (Fsp3) is 0.231. The number of aryl methyl sites for hydroxylation is 2. The molecule has 1 saturated heterocycles. The number of fused-ring (bicyclic) bond motifs is 1. The summed E-state index contributed by atoms with van der Waals surface area (Å²) >= 11 is 12.6. The maximum absolute atomic E-state index is 13.1. The highest BCUT2D eigenvalue weighted by atomic mass is 35.5. The first-order valence-corrected chi connectivity index (χ1v) is 11.4. The summed E-state index contributed by atoms with van der Waals surface area (Å²) in [5.74, 6) is 1.05. The highest BCUT2D eigenvalue weighted by Gasteiger charge is 2.36. The number of nitrogens with zero attached hydrogens (tertiary/aromatic N) is 3. The summed E-state index contributed by atoms with van der Waals surface area (Å²) < 4.78 is 2.19. The van der Waals surface area contributed by atoms with Crippen LogP contribution in [0.5, 0.6) is 0 Å². The van der Waals surface area contributed by atoms with E-state index >= 15 is 0 Å². The maximum Gasteiger partial charge on any atom is 0.227 e. The van der Waals surface area contributed by atoms with E-state index in [-0.39, 0.29) is 11.8 Å². The number of amides is 1. The first kappa shape index (κ1) is 21.0. The number of hydrogen-bond acceptors (Lipinski definition) is 2. The van der Waals surface area contributed by atoms with Gasteiger partial charge in [0.2, 0.25) is 5.91 Å². The summed E-state index contributed by atoms with van der Waals surface area (Å²) in [6, 6.07) is 19.8. The molecule has 32 heavy (non-hydrogen) atoms. The van der Waals surface area contributed by atoms with E-state index in [4.69, 9.17) is 28.2 Å². The van der Waals surface area contributed by atoms with E-state index in [9.17, 15) is 4.79 Å². The third-order valence-electron chi connectivity index (χ3n) is 6.23. The number of anilines is 1. The molecule has 1 atom stereocenters. The van der Waals surface area contributed by atoms with Crippen LogP contribution in [0.4, 0.5) is 5.69 Å². The van der Waals surface area contributed by atoms with E-state index in [1.54, 1.807) is 6.07 Å². The molecule has 1 amide bonds. The molecule has 0 bridgehead atoms. The van der Waals surface area contributed by atoms with Crippen LogP contribution in [0.2, 0.25) is 10.0 Å². The molecule has 2 heterocycles. The zero-order chi connectivity index (χ0) is 22.4. The van der Waals surface area contributed by atoms with Crippen LogP contribution in [0.3, 0.4) is 0 Å². The van der Waals surface area contributed by atoms with E-state index in [2.05, 4.69) is 36.6 Å². The molecule has 0 spiro atoms. The molecule has 4 aromatic rings. The van der Waals surface area contributed by atoms with Gasteiger partial charge in [-0.05, 0) is 54.8 Å². The lowest BCUT2D eigenvalue weighted by Gasteiger charge is -2.21. The van der Waals surface area contributed by atoms with Crippen molar-refractivity contribution in [3.05, 3.63) is 93.2 Å². The smallest absolute Gasteiger partial charge is 0.227 e. The van der Waals surface area contributed by atoms with Gasteiger partial charge >= 0.3 is 0 Å². The van der Waals surface area contributed by atoms with Gasteiger partial charge in [0.05, 0.1) is 17.6 Å². The lowest BCUT2D eigenvalue weighted by atomic mass is 10.1. The van der Waals surface area contributed by atoms with Crippen molar-refractivity contribution in [2.75, 3.05) is 11.4 Å². The lowest BCUT2D eigenvalue weighted by Crippen LogP contribution is -2.26. The zero-order valence-corrected chi connectivity index (χ0v) is 19.5. The third-order valence-corrected chi connectivity index (χ3v) is 6.81. The molecule has 0 N–H and O–H groups in total. The minimum absolute atomic E-state index is 0.0000168. The number of rotatable bonds is 4. The summed E-state index contributed by atoms with van der Waals surface area (Å²) in [5, 5.41) is 1.24. The topological polar surface area (TPSA) is 38.1 Å². The molecule has 162 valence electrons. The molecule has 0 radical (unpaired) electrons. The van der Waals surface area contributed by atoms with Gasteiger partial charge in [0, 0.05) is 34.6 Å². The normalized spacial score (nSPS) is 16.3. The van der Waals surface area contributed by atoms with Crippen molar-refractivity contribution in [3.8, 4) is 0 Å². The lowest BCUT2D eigenvalue weighted by molar-refractivity contribution is -0.117. The van der Waals surface area contributed by atoms with Crippen molar-refractivity contribution < 1.29 is 4.79 Å². The fourth-order valence-corrected chi connectivity index (χ4v) is 5.19. The van der Waals surface area contributed by atoms with Gasteiger partial charge in [-0.25, -0.2) is 4.98 Å². The van der Waals surface area contributed by atoms with Crippen molar-refractivity contribution in [1.82, 2.24) is 9.55 Å². The molecule has 6 heteroatoms. The Morgan fingerprint density at radius 2 is 1.75 bits per heavy atom. The molecule has 0 saturated carbocycles. The van der Waals surface area contributed by atoms with Crippen LogP contribution < -0.4 is 4.90 Å². The minimum Gasteiger partial charge on any atom is -0.323 e. The van der Waals surface area contributed by atoms with Crippen molar-refractivity contribution in [2.24, 2.45) is 0 Å². The fourth-order valence-electron chi connectivity index (χ4n) is 4.72. The van der Waals surface area contributed by atoms with E-state index in [0.29, 0.717) is 29.6 Å². The van der Waals surface area contributed by atoms with Crippen molar-refractivity contribution in [2.45, 2.75) is 32.7 Å². The number of hydrogen-bond donors (Lipinski definition) is 0. The van der Waals surface area contributed by atoms with Gasteiger partial charge in [-0.3, -0.25) is 4.79 Å². The molecule has 5 rings (SSSR count). The molecule has 1 unspecified atom stereocenters. The van der Waals surface area contributed by atoms with Gasteiger partial charge in [0.15, 0.2) is 0 Å². The number of halogens is 2. The Hall–Kier alpha value is -2.82. The van der Waals surface area contributed by atoms with E-state index in [0.717, 1.165) is 39.2 Å². The number of benzene rings is 3. The summed E-state index contributed by atoms with van der Waals surface area (Å²) in [6.45, 7) is 5.30. The second-order valence-electron chi connectivity index (χ2n) is 8.43. The minimum atomic E-state index is -0.0000168. The number of aromatic nitrogens is 2. The van der Waals surface area contributed by atoms with Crippen molar-refractivity contribution in [3.63, 3.8) is 0 Å². The Morgan fingerprint density at radius 3 is 2.50 bits per heavy atom.